The summed E-state index contributed by atoms with van der Waals surface area (Å²) in [7, 11) is 0. The van der Waals surface area contributed by atoms with Crippen LogP contribution in [-0.4, -0.2) is 51.2 Å². The molecule has 1 atom stereocenters. The molecule has 8 heteroatoms. The van der Waals surface area contributed by atoms with Gasteiger partial charge in [0.25, 0.3) is 0 Å². The number of nitrogens with zero attached hydrogens (tertiary/aromatic N) is 3. The number of benzene rings is 1. The Labute approximate surface area is 169 Å². The van der Waals surface area contributed by atoms with Crippen molar-refractivity contribution < 1.29 is 9.90 Å². The minimum atomic E-state index is -0.941. The van der Waals surface area contributed by atoms with Crippen LogP contribution in [0.5, 0.6) is 0 Å². The molecule has 1 aliphatic rings. The van der Waals surface area contributed by atoms with Crippen molar-refractivity contribution in [2.75, 3.05) is 24.6 Å². The summed E-state index contributed by atoms with van der Waals surface area (Å²) in [6.07, 6.45) is 4.89. The first-order valence-corrected chi connectivity index (χ1v) is 9.89. The third-order valence-electron chi connectivity index (χ3n) is 5.67. The normalized spacial score (nSPS) is 17.2. The predicted octanol–water partition coefficient (Wildman–Crippen LogP) is 1.50. The van der Waals surface area contributed by atoms with E-state index in [-0.39, 0.29) is 18.6 Å². The average molecular weight is 394 g/mol. The highest BCUT2D eigenvalue weighted by atomic mass is 16.3. The monoisotopic (exact) mass is 394 g/mol. The largest absolute Gasteiger partial charge is 0.396 e. The van der Waals surface area contributed by atoms with E-state index in [4.69, 9.17) is 5.73 Å². The van der Waals surface area contributed by atoms with Crippen molar-refractivity contribution in [1.82, 2.24) is 20.3 Å². The molecule has 2 aromatic heterocycles. The van der Waals surface area contributed by atoms with Gasteiger partial charge in [0, 0.05) is 25.9 Å². The van der Waals surface area contributed by atoms with Crippen LogP contribution in [0, 0.1) is 0 Å². The van der Waals surface area contributed by atoms with Gasteiger partial charge >= 0.3 is 0 Å². The van der Waals surface area contributed by atoms with Gasteiger partial charge in [0.1, 0.15) is 17.8 Å². The number of piperidine rings is 1. The highest BCUT2D eigenvalue weighted by molar-refractivity contribution is 5.89. The lowest BCUT2D eigenvalue weighted by Crippen LogP contribution is -2.60. The topological polar surface area (TPSA) is 120 Å². The molecule has 3 heterocycles. The summed E-state index contributed by atoms with van der Waals surface area (Å²) in [6.45, 7) is 1.26. The Balaban J connectivity index is 1.44. The van der Waals surface area contributed by atoms with Gasteiger partial charge < -0.3 is 26.0 Å². The fraction of sp³-hybridized carbons (Fsp3) is 0.381. The fourth-order valence-corrected chi connectivity index (χ4v) is 3.89. The summed E-state index contributed by atoms with van der Waals surface area (Å²) in [5, 5.41) is 13.4. The SMILES string of the molecule is NC1(C(=O)N[C@@H](CCO)c2ccccc2)CCN(c2ncnc3[nH]ccc23)CC1. The van der Waals surface area contributed by atoms with Crippen LogP contribution in [0.2, 0.25) is 0 Å². The van der Waals surface area contributed by atoms with Gasteiger partial charge in [0.15, 0.2) is 0 Å². The molecule has 0 unspecified atom stereocenters. The number of fused-ring (bicyclic) bond motifs is 1. The van der Waals surface area contributed by atoms with Gasteiger partial charge in [-0.25, -0.2) is 9.97 Å². The molecule has 0 bridgehead atoms. The number of hydrogen-bond acceptors (Lipinski definition) is 6. The molecule has 1 amide bonds. The Morgan fingerprint density at radius 2 is 2.00 bits per heavy atom. The highest BCUT2D eigenvalue weighted by Crippen LogP contribution is 2.29. The summed E-state index contributed by atoms with van der Waals surface area (Å²) in [6, 6.07) is 11.4. The number of amides is 1. The second-order valence-electron chi connectivity index (χ2n) is 7.53. The Morgan fingerprint density at radius 3 is 2.72 bits per heavy atom. The maximum Gasteiger partial charge on any atom is 0.240 e. The zero-order valence-corrected chi connectivity index (χ0v) is 16.2. The van der Waals surface area contributed by atoms with Gasteiger partial charge in [-0.1, -0.05) is 30.3 Å². The molecule has 0 radical (unpaired) electrons. The number of nitrogens with two attached hydrogens (primary N) is 1. The predicted molar refractivity (Wildman–Crippen MR) is 111 cm³/mol. The molecule has 5 N–H and O–H groups in total. The maximum atomic E-state index is 13.0. The van der Waals surface area contributed by atoms with Crippen LogP contribution in [0.3, 0.4) is 0 Å². The van der Waals surface area contributed by atoms with Crippen LogP contribution in [0.1, 0.15) is 30.9 Å². The molecule has 0 aliphatic carbocycles. The number of nitrogens with one attached hydrogen (secondary N) is 2. The Bertz CT molecular complexity index is 965. The first kappa shape index (κ1) is 19.4. The molecule has 8 nitrogen and oxygen atoms in total. The Morgan fingerprint density at radius 1 is 1.24 bits per heavy atom. The second kappa shape index (κ2) is 8.18. The molecular weight excluding hydrogens is 368 g/mol. The van der Waals surface area contributed by atoms with Crippen LogP contribution in [0.15, 0.2) is 48.9 Å². The summed E-state index contributed by atoms with van der Waals surface area (Å²) >= 11 is 0. The third-order valence-corrected chi connectivity index (χ3v) is 5.67. The van der Waals surface area contributed by atoms with E-state index in [1.54, 1.807) is 6.33 Å². The van der Waals surface area contributed by atoms with Crippen LogP contribution < -0.4 is 16.0 Å². The van der Waals surface area contributed by atoms with Crippen LogP contribution in [0.25, 0.3) is 11.0 Å². The quantitative estimate of drug-likeness (QED) is 0.503. The van der Waals surface area contributed by atoms with E-state index in [0.717, 1.165) is 22.4 Å². The van der Waals surface area contributed by atoms with E-state index in [1.165, 1.54) is 0 Å². The van der Waals surface area contributed by atoms with Crippen molar-refractivity contribution in [2.45, 2.75) is 30.8 Å². The van der Waals surface area contributed by atoms with Gasteiger partial charge in [-0.05, 0) is 30.9 Å². The number of aliphatic hydroxyl groups is 1. The van der Waals surface area contributed by atoms with Gasteiger partial charge in [-0.3, -0.25) is 4.79 Å². The van der Waals surface area contributed by atoms with E-state index in [9.17, 15) is 9.90 Å². The second-order valence-corrected chi connectivity index (χ2v) is 7.53. The lowest BCUT2D eigenvalue weighted by molar-refractivity contribution is -0.128. The number of anilines is 1. The molecule has 152 valence electrons. The first-order valence-electron chi connectivity index (χ1n) is 9.89. The molecule has 4 rings (SSSR count). The zero-order chi connectivity index (χ0) is 20.3. The number of hydrogen-bond donors (Lipinski definition) is 4. The zero-order valence-electron chi connectivity index (χ0n) is 16.2. The summed E-state index contributed by atoms with van der Waals surface area (Å²) in [4.78, 5) is 26.9. The number of aromatic nitrogens is 3. The number of aliphatic hydroxyl groups excluding tert-OH is 1. The fourth-order valence-electron chi connectivity index (χ4n) is 3.89. The van der Waals surface area contributed by atoms with Crippen LogP contribution in [-0.2, 0) is 4.79 Å². The molecule has 0 spiro atoms. The van der Waals surface area contributed by atoms with Gasteiger partial charge in [0.2, 0.25) is 5.91 Å². The third kappa shape index (κ3) is 3.94. The molecular formula is C21H26N6O2. The summed E-state index contributed by atoms with van der Waals surface area (Å²) in [5.74, 6) is 0.690. The maximum absolute atomic E-state index is 13.0. The van der Waals surface area contributed by atoms with E-state index in [2.05, 4.69) is 25.2 Å². The number of rotatable bonds is 6. The highest BCUT2D eigenvalue weighted by Gasteiger charge is 2.39. The molecule has 0 saturated carbocycles. The standard InChI is InChI=1S/C21H26N6O2/c22-21(20(29)26-17(7-13-28)15-4-2-1-3-5-15)8-11-27(12-9-21)19-16-6-10-23-18(16)24-14-25-19/h1-6,10,14,17,28H,7-9,11-13,22H2,(H,26,29)(H,23,24,25)/t17-/m0/s1. The lowest BCUT2D eigenvalue weighted by Gasteiger charge is -2.39. The molecule has 1 fully saturated rings. The average Bonchev–Trinajstić information content (AvgIpc) is 3.24. The van der Waals surface area contributed by atoms with Crippen molar-refractivity contribution in [3.63, 3.8) is 0 Å². The van der Waals surface area contributed by atoms with Crippen molar-refractivity contribution in [1.29, 1.82) is 0 Å². The number of carbonyl (C=O) groups is 1. The summed E-state index contributed by atoms with van der Waals surface area (Å²) in [5.41, 5.74) is 7.34. The lowest BCUT2D eigenvalue weighted by atomic mass is 9.87. The Kier molecular flexibility index (Phi) is 5.46. The molecule has 1 saturated heterocycles. The smallest absolute Gasteiger partial charge is 0.240 e. The van der Waals surface area contributed by atoms with Crippen molar-refractivity contribution >= 4 is 22.8 Å². The number of H-pyrrole nitrogens is 1. The van der Waals surface area contributed by atoms with E-state index >= 15 is 0 Å². The van der Waals surface area contributed by atoms with Gasteiger partial charge in [-0.15, -0.1) is 0 Å². The van der Waals surface area contributed by atoms with Crippen molar-refractivity contribution in [3.05, 3.63) is 54.5 Å². The molecule has 29 heavy (non-hydrogen) atoms. The Hall–Kier alpha value is -2.97. The molecule has 3 aromatic rings. The molecule has 1 aliphatic heterocycles. The van der Waals surface area contributed by atoms with Gasteiger partial charge in [0.05, 0.1) is 17.0 Å². The number of carbonyl (C=O) groups excluding carboxylic acids is 1. The first-order chi connectivity index (χ1) is 14.1. The summed E-state index contributed by atoms with van der Waals surface area (Å²) < 4.78 is 0. The molecule has 1 aromatic carbocycles. The van der Waals surface area contributed by atoms with E-state index in [1.807, 2.05) is 42.6 Å². The minimum Gasteiger partial charge on any atom is -0.396 e. The van der Waals surface area contributed by atoms with E-state index in [0.29, 0.717) is 32.4 Å². The van der Waals surface area contributed by atoms with E-state index < -0.39 is 5.54 Å². The minimum absolute atomic E-state index is 0.00837. The van der Waals surface area contributed by atoms with Crippen molar-refractivity contribution in [2.24, 2.45) is 5.73 Å². The van der Waals surface area contributed by atoms with Crippen LogP contribution in [0.4, 0.5) is 5.82 Å². The van der Waals surface area contributed by atoms with Crippen molar-refractivity contribution in [3.8, 4) is 0 Å². The number of aromatic amines is 1. The van der Waals surface area contributed by atoms with Crippen LogP contribution >= 0.6 is 0 Å². The van der Waals surface area contributed by atoms with Gasteiger partial charge in [-0.2, -0.15) is 0 Å².